The predicted molar refractivity (Wildman–Crippen MR) is 80.2 cm³/mol. The summed E-state index contributed by atoms with van der Waals surface area (Å²) in [4.78, 5) is 4.36. The molecule has 0 radical (unpaired) electrons. The van der Waals surface area contributed by atoms with Crippen LogP contribution >= 0.6 is 0 Å². The van der Waals surface area contributed by atoms with Gasteiger partial charge in [0, 0.05) is 31.9 Å². The number of hydrogen-bond donors (Lipinski definition) is 2. The molecular weight excluding hydrogens is 250 g/mol. The first kappa shape index (κ1) is 14.8. The number of nitrogens with two attached hydrogens (primary N) is 1. The van der Waals surface area contributed by atoms with Gasteiger partial charge >= 0.3 is 0 Å². The zero-order valence-corrected chi connectivity index (χ0v) is 12.0. The highest BCUT2D eigenvalue weighted by Crippen LogP contribution is 2.24. The fraction of sp³-hybridized carbons (Fsp3) is 0.438. The Labute approximate surface area is 120 Å². The molecule has 0 aliphatic carbocycles. The zero-order valence-electron chi connectivity index (χ0n) is 12.0. The van der Waals surface area contributed by atoms with Crippen LogP contribution in [-0.4, -0.2) is 21.2 Å². The smallest absolute Gasteiger partial charge is 0.108 e. The number of rotatable bonds is 7. The highest BCUT2D eigenvalue weighted by atomic mass is 16.3. The van der Waals surface area contributed by atoms with E-state index in [9.17, 15) is 5.11 Å². The van der Waals surface area contributed by atoms with Crippen molar-refractivity contribution >= 4 is 0 Å². The van der Waals surface area contributed by atoms with Gasteiger partial charge in [0.15, 0.2) is 0 Å². The molecule has 0 aliphatic rings. The van der Waals surface area contributed by atoms with Gasteiger partial charge < -0.3 is 15.4 Å². The minimum absolute atomic E-state index is 0.217. The summed E-state index contributed by atoms with van der Waals surface area (Å²) in [5.74, 6) is 1.07. The first-order chi connectivity index (χ1) is 9.69. The average Bonchev–Trinajstić information content (AvgIpc) is 2.93. The molecule has 0 saturated carbocycles. The van der Waals surface area contributed by atoms with Crippen molar-refractivity contribution in [1.29, 1.82) is 0 Å². The van der Waals surface area contributed by atoms with E-state index in [2.05, 4.69) is 16.5 Å². The third-order valence-electron chi connectivity index (χ3n) is 3.69. The minimum Gasteiger partial charge on any atom is -0.384 e. The molecule has 1 aromatic heterocycles. The Hall–Kier alpha value is -1.65. The van der Waals surface area contributed by atoms with Crippen LogP contribution in [0.5, 0.6) is 0 Å². The standard InChI is InChI=1S/C16H23N3O/c1-2-6-15-18-10-12-19(15)11-9-16(20,13-17)14-7-4-3-5-8-14/h3-5,7-8,10,12,20H,2,6,9,11,13,17H2,1H3. The second kappa shape index (κ2) is 6.68. The van der Waals surface area contributed by atoms with Crippen molar-refractivity contribution in [3.05, 3.63) is 54.1 Å². The molecule has 0 saturated heterocycles. The summed E-state index contributed by atoms with van der Waals surface area (Å²) >= 11 is 0. The summed E-state index contributed by atoms with van der Waals surface area (Å²) in [6.07, 6.45) is 6.39. The summed E-state index contributed by atoms with van der Waals surface area (Å²) in [7, 11) is 0. The van der Waals surface area contributed by atoms with E-state index in [0.717, 1.165) is 30.8 Å². The van der Waals surface area contributed by atoms with Gasteiger partial charge in [0.2, 0.25) is 0 Å². The maximum atomic E-state index is 10.8. The predicted octanol–water partition coefficient (Wildman–Crippen LogP) is 2.07. The van der Waals surface area contributed by atoms with Gasteiger partial charge in [-0.2, -0.15) is 0 Å². The maximum Gasteiger partial charge on any atom is 0.108 e. The first-order valence-electron chi connectivity index (χ1n) is 7.17. The Morgan fingerprint density at radius 1 is 1.30 bits per heavy atom. The number of aromatic nitrogens is 2. The molecule has 20 heavy (non-hydrogen) atoms. The van der Waals surface area contributed by atoms with E-state index in [1.807, 2.05) is 42.7 Å². The molecule has 1 heterocycles. The van der Waals surface area contributed by atoms with Crippen LogP contribution in [0.2, 0.25) is 0 Å². The second-order valence-electron chi connectivity index (χ2n) is 5.14. The number of imidazole rings is 1. The molecule has 4 heteroatoms. The van der Waals surface area contributed by atoms with Crippen molar-refractivity contribution in [3.63, 3.8) is 0 Å². The third kappa shape index (κ3) is 3.26. The fourth-order valence-electron chi connectivity index (χ4n) is 2.41. The van der Waals surface area contributed by atoms with Crippen LogP contribution in [0.4, 0.5) is 0 Å². The van der Waals surface area contributed by atoms with Gasteiger partial charge in [-0.25, -0.2) is 4.98 Å². The van der Waals surface area contributed by atoms with Gasteiger partial charge in [-0.05, 0) is 18.4 Å². The summed E-state index contributed by atoms with van der Waals surface area (Å²) in [5.41, 5.74) is 5.70. The van der Waals surface area contributed by atoms with Gasteiger partial charge in [0.1, 0.15) is 11.4 Å². The van der Waals surface area contributed by atoms with Gasteiger partial charge in [0.25, 0.3) is 0 Å². The van der Waals surface area contributed by atoms with Crippen molar-refractivity contribution in [2.75, 3.05) is 6.54 Å². The lowest BCUT2D eigenvalue weighted by atomic mass is 9.90. The molecule has 0 fully saturated rings. The molecule has 1 atom stereocenters. The third-order valence-corrected chi connectivity index (χ3v) is 3.69. The molecule has 4 nitrogen and oxygen atoms in total. The monoisotopic (exact) mass is 273 g/mol. The van der Waals surface area contributed by atoms with Crippen molar-refractivity contribution in [3.8, 4) is 0 Å². The highest BCUT2D eigenvalue weighted by molar-refractivity contribution is 5.22. The number of hydrogen-bond acceptors (Lipinski definition) is 3. The van der Waals surface area contributed by atoms with Crippen molar-refractivity contribution in [1.82, 2.24) is 9.55 Å². The summed E-state index contributed by atoms with van der Waals surface area (Å²) in [6, 6.07) is 9.64. The average molecular weight is 273 g/mol. The SMILES string of the molecule is CCCc1nccn1CCC(O)(CN)c1ccccc1. The van der Waals surface area contributed by atoms with Crippen LogP contribution < -0.4 is 5.73 Å². The molecule has 108 valence electrons. The molecule has 0 aliphatic heterocycles. The van der Waals surface area contributed by atoms with E-state index in [0.29, 0.717) is 6.42 Å². The number of aliphatic hydroxyl groups is 1. The topological polar surface area (TPSA) is 64.1 Å². The van der Waals surface area contributed by atoms with E-state index in [-0.39, 0.29) is 6.54 Å². The number of benzene rings is 1. The van der Waals surface area contributed by atoms with Gasteiger partial charge in [-0.1, -0.05) is 37.3 Å². The van der Waals surface area contributed by atoms with E-state index >= 15 is 0 Å². The Kier molecular flexibility index (Phi) is 4.93. The largest absolute Gasteiger partial charge is 0.384 e. The number of aryl methyl sites for hydroxylation is 2. The van der Waals surface area contributed by atoms with E-state index < -0.39 is 5.60 Å². The van der Waals surface area contributed by atoms with Crippen LogP contribution in [-0.2, 0) is 18.6 Å². The van der Waals surface area contributed by atoms with Crippen LogP contribution in [0.1, 0.15) is 31.2 Å². The quantitative estimate of drug-likeness (QED) is 0.811. The molecule has 2 aromatic rings. The Morgan fingerprint density at radius 3 is 2.70 bits per heavy atom. The van der Waals surface area contributed by atoms with Crippen LogP contribution in [0.25, 0.3) is 0 Å². The molecule has 0 amide bonds. The highest BCUT2D eigenvalue weighted by Gasteiger charge is 2.27. The Morgan fingerprint density at radius 2 is 2.05 bits per heavy atom. The summed E-state index contributed by atoms with van der Waals surface area (Å²) in [6.45, 7) is 3.08. The second-order valence-corrected chi connectivity index (χ2v) is 5.14. The van der Waals surface area contributed by atoms with Crippen LogP contribution in [0.3, 0.4) is 0 Å². The molecule has 1 unspecified atom stereocenters. The number of nitrogens with zero attached hydrogens (tertiary/aromatic N) is 2. The molecule has 1 aromatic carbocycles. The lowest BCUT2D eigenvalue weighted by molar-refractivity contribution is 0.0320. The molecule has 0 spiro atoms. The minimum atomic E-state index is -0.977. The van der Waals surface area contributed by atoms with Crippen LogP contribution in [0.15, 0.2) is 42.7 Å². The molecule has 3 N–H and O–H groups in total. The fourth-order valence-corrected chi connectivity index (χ4v) is 2.41. The lowest BCUT2D eigenvalue weighted by Crippen LogP contribution is -2.36. The molecule has 0 bridgehead atoms. The van der Waals surface area contributed by atoms with Gasteiger partial charge in [-0.3, -0.25) is 0 Å². The molecular formula is C16H23N3O. The summed E-state index contributed by atoms with van der Waals surface area (Å²) < 4.78 is 2.10. The van der Waals surface area contributed by atoms with E-state index in [4.69, 9.17) is 5.73 Å². The molecule has 2 rings (SSSR count). The van der Waals surface area contributed by atoms with E-state index in [1.165, 1.54) is 0 Å². The van der Waals surface area contributed by atoms with Crippen molar-refractivity contribution < 1.29 is 5.11 Å². The Bertz CT molecular complexity index is 524. The Balaban J connectivity index is 2.09. The van der Waals surface area contributed by atoms with Crippen molar-refractivity contribution in [2.24, 2.45) is 5.73 Å². The van der Waals surface area contributed by atoms with Crippen LogP contribution in [0, 0.1) is 0 Å². The lowest BCUT2D eigenvalue weighted by Gasteiger charge is -2.27. The summed E-state index contributed by atoms with van der Waals surface area (Å²) in [5, 5.41) is 10.8. The van der Waals surface area contributed by atoms with Gasteiger partial charge in [0.05, 0.1) is 0 Å². The zero-order chi connectivity index (χ0) is 14.4. The normalized spacial score (nSPS) is 14.2. The first-order valence-corrected chi connectivity index (χ1v) is 7.17. The van der Waals surface area contributed by atoms with Gasteiger partial charge in [-0.15, -0.1) is 0 Å². The van der Waals surface area contributed by atoms with Crippen molar-refractivity contribution in [2.45, 2.75) is 38.3 Å². The maximum absolute atomic E-state index is 10.8. The van der Waals surface area contributed by atoms with E-state index in [1.54, 1.807) is 0 Å².